The van der Waals surface area contributed by atoms with Crippen molar-refractivity contribution in [2.75, 3.05) is 4.90 Å². The molecule has 0 aromatic heterocycles. The summed E-state index contributed by atoms with van der Waals surface area (Å²) in [6.07, 6.45) is 0. The van der Waals surface area contributed by atoms with E-state index < -0.39 is 5.41 Å². The van der Waals surface area contributed by atoms with Gasteiger partial charge < -0.3 is 4.90 Å². The first-order valence-electron chi connectivity index (χ1n) is 20.2. The minimum absolute atomic E-state index is 0.429. The van der Waals surface area contributed by atoms with Crippen molar-refractivity contribution in [2.45, 2.75) is 5.41 Å². The number of fused-ring (bicyclic) bond motifs is 13. The Labute approximate surface area is 338 Å². The van der Waals surface area contributed by atoms with Crippen molar-refractivity contribution in [1.29, 1.82) is 0 Å². The summed E-state index contributed by atoms with van der Waals surface area (Å²) in [7, 11) is 0. The van der Waals surface area contributed by atoms with Crippen molar-refractivity contribution in [3.8, 4) is 44.5 Å². The van der Waals surface area contributed by atoms with Crippen LogP contribution in [0.2, 0.25) is 0 Å². The SMILES string of the molecule is c1ccc(-c2ccc(-c3ccc(N(c4ccc5c(c4)C4(c6ccccc6-c6ccccc64)c4ccccc4-5)c4cccc5ccc6ccccc6c45)cc3)cc2)cc1. The first kappa shape index (κ1) is 32.7. The zero-order chi connectivity index (χ0) is 38.2. The summed E-state index contributed by atoms with van der Waals surface area (Å²) in [5.74, 6) is 0. The molecule has 1 nitrogen and oxygen atoms in total. The third kappa shape index (κ3) is 4.71. The molecule has 58 heavy (non-hydrogen) atoms. The molecule has 0 atom stereocenters. The van der Waals surface area contributed by atoms with Gasteiger partial charge in [-0.1, -0.05) is 194 Å². The van der Waals surface area contributed by atoms with Crippen LogP contribution in [0.1, 0.15) is 22.3 Å². The summed E-state index contributed by atoms with van der Waals surface area (Å²) in [5.41, 5.74) is 18.4. The van der Waals surface area contributed by atoms with Gasteiger partial charge in [-0.2, -0.15) is 0 Å². The second-order valence-corrected chi connectivity index (χ2v) is 15.6. The third-order valence-electron chi connectivity index (χ3n) is 12.7. The molecule has 270 valence electrons. The minimum atomic E-state index is -0.429. The smallest absolute Gasteiger partial charge is 0.0726 e. The Hall–Kier alpha value is -7.48. The summed E-state index contributed by atoms with van der Waals surface area (Å²) >= 11 is 0. The van der Waals surface area contributed by atoms with Gasteiger partial charge in [0.15, 0.2) is 0 Å². The van der Waals surface area contributed by atoms with Crippen LogP contribution >= 0.6 is 0 Å². The van der Waals surface area contributed by atoms with Crippen molar-refractivity contribution >= 4 is 38.6 Å². The first-order valence-corrected chi connectivity index (χ1v) is 20.2. The Kier molecular flexibility index (Phi) is 7.21. The van der Waals surface area contributed by atoms with Crippen LogP contribution in [0.15, 0.2) is 224 Å². The molecule has 0 amide bonds. The number of benzene rings is 10. The van der Waals surface area contributed by atoms with Crippen LogP contribution in [-0.4, -0.2) is 0 Å². The predicted molar refractivity (Wildman–Crippen MR) is 243 cm³/mol. The number of hydrogen-bond donors (Lipinski definition) is 0. The van der Waals surface area contributed by atoms with Crippen molar-refractivity contribution < 1.29 is 0 Å². The maximum atomic E-state index is 2.49. The van der Waals surface area contributed by atoms with Crippen LogP contribution in [0.4, 0.5) is 17.1 Å². The maximum absolute atomic E-state index is 2.49. The summed E-state index contributed by atoms with van der Waals surface area (Å²) in [4.78, 5) is 2.49. The van der Waals surface area contributed by atoms with E-state index in [1.807, 2.05) is 0 Å². The van der Waals surface area contributed by atoms with Crippen molar-refractivity contribution in [3.63, 3.8) is 0 Å². The average Bonchev–Trinajstić information content (AvgIpc) is 3.77. The molecule has 1 spiro atoms. The van der Waals surface area contributed by atoms with Crippen LogP contribution in [0.25, 0.3) is 66.1 Å². The molecular formula is C57H37N. The zero-order valence-corrected chi connectivity index (χ0v) is 31.8. The molecule has 10 aromatic carbocycles. The number of nitrogens with zero attached hydrogens (tertiary/aromatic N) is 1. The molecule has 0 bridgehead atoms. The van der Waals surface area contributed by atoms with E-state index in [1.54, 1.807) is 0 Å². The summed E-state index contributed by atoms with van der Waals surface area (Å²) in [5, 5.41) is 4.95. The molecule has 0 aliphatic heterocycles. The molecular weight excluding hydrogens is 699 g/mol. The Morgan fingerprint density at radius 1 is 0.293 bits per heavy atom. The second kappa shape index (κ2) is 12.8. The van der Waals surface area contributed by atoms with Gasteiger partial charge in [-0.25, -0.2) is 0 Å². The molecule has 0 saturated heterocycles. The number of anilines is 3. The maximum Gasteiger partial charge on any atom is 0.0726 e. The molecule has 10 aromatic rings. The topological polar surface area (TPSA) is 3.24 Å². The molecule has 0 radical (unpaired) electrons. The fourth-order valence-electron chi connectivity index (χ4n) is 10.2. The van der Waals surface area contributed by atoms with Gasteiger partial charge in [-0.3, -0.25) is 0 Å². The molecule has 0 N–H and O–H groups in total. The lowest BCUT2D eigenvalue weighted by Crippen LogP contribution is -2.26. The van der Waals surface area contributed by atoms with Gasteiger partial charge in [-0.05, 0) is 113 Å². The Morgan fingerprint density at radius 3 is 1.40 bits per heavy atom. The molecule has 12 rings (SSSR count). The monoisotopic (exact) mass is 735 g/mol. The highest BCUT2D eigenvalue weighted by Gasteiger charge is 2.51. The van der Waals surface area contributed by atoms with Gasteiger partial charge in [0.05, 0.1) is 11.1 Å². The van der Waals surface area contributed by atoms with E-state index in [2.05, 4.69) is 229 Å². The molecule has 0 unspecified atom stereocenters. The summed E-state index contributed by atoms with van der Waals surface area (Å²) < 4.78 is 0. The third-order valence-corrected chi connectivity index (χ3v) is 12.7. The van der Waals surface area contributed by atoms with Gasteiger partial charge in [0.25, 0.3) is 0 Å². The number of rotatable bonds is 5. The van der Waals surface area contributed by atoms with Crippen molar-refractivity contribution in [1.82, 2.24) is 0 Å². The van der Waals surface area contributed by atoms with E-state index in [0.29, 0.717) is 0 Å². The molecule has 1 heteroatoms. The van der Waals surface area contributed by atoms with Crippen LogP contribution in [0.3, 0.4) is 0 Å². The first-order chi connectivity index (χ1) is 28.8. The van der Waals surface area contributed by atoms with E-state index in [0.717, 1.165) is 17.1 Å². The van der Waals surface area contributed by atoms with Gasteiger partial charge in [0, 0.05) is 16.8 Å². The Morgan fingerprint density at radius 2 is 0.759 bits per heavy atom. The largest absolute Gasteiger partial charge is 0.310 e. The van der Waals surface area contributed by atoms with Gasteiger partial charge in [0.2, 0.25) is 0 Å². The highest BCUT2D eigenvalue weighted by atomic mass is 15.1. The number of hydrogen-bond acceptors (Lipinski definition) is 1. The van der Waals surface area contributed by atoms with Gasteiger partial charge in [-0.15, -0.1) is 0 Å². The standard InChI is InChI=1S/C57H37N/c1-2-13-38(14-3-1)39-25-27-40(28-26-39)41-31-33-44(34-32-41)58(55-24-12-16-43-30-29-42-15-4-5-17-46(42)56(43)55)45-35-36-50-49-20-8-11-23-53(49)57(54(50)37-45)51-21-9-6-18-47(51)48-19-7-10-22-52(48)57/h1-37H. The van der Waals surface area contributed by atoms with Crippen LogP contribution < -0.4 is 4.90 Å². The summed E-state index contributed by atoms with van der Waals surface area (Å²) in [6.45, 7) is 0. The quantitative estimate of drug-likeness (QED) is 0.159. The minimum Gasteiger partial charge on any atom is -0.310 e. The lowest BCUT2D eigenvalue weighted by atomic mass is 9.70. The summed E-state index contributed by atoms with van der Waals surface area (Å²) in [6, 6.07) is 83.0. The normalized spacial score (nSPS) is 13.0. The average molecular weight is 736 g/mol. The Bertz CT molecular complexity index is 3150. The Balaban J connectivity index is 1.08. The molecule has 0 fully saturated rings. The fourth-order valence-corrected chi connectivity index (χ4v) is 10.2. The fraction of sp³-hybridized carbons (Fsp3) is 0.0175. The lowest BCUT2D eigenvalue weighted by molar-refractivity contribution is 0.793. The molecule has 2 aliphatic rings. The zero-order valence-electron chi connectivity index (χ0n) is 31.8. The van der Waals surface area contributed by atoms with E-state index in [9.17, 15) is 0 Å². The highest BCUT2D eigenvalue weighted by molar-refractivity contribution is 6.15. The van der Waals surface area contributed by atoms with Crippen LogP contribution in [0, 0.1) is 0 Å². The lowest BCUT2D eigenvalue weighted by Gasteiger charge is -2.32. The molecule has 2 aliphatic carbocycles. The molecule has 0 heterocycles. The van der Waals surface area contributed by atoms with Crippen molar-refractivity contribution in [3.05, 3.63) is 247 Å². The van der Waals surface area contributed by atoms with Crippen molar-refractivity contribution in [2.24, 2.45) is 0 Å². The van der Waals surface area contributed by atoms with Gasteiger partial charge in [0.1, 0.15) is 0 Å². The second-order valence-electron chi connectivity index (χ2n) is 15.6. The molecule has 0 saturated carbocycles. The van der Waals surface area contributed by atoms with Crippen LogP contribution in [0.5, 0.6) is 0 Å². The van der Waals surface area contributed by atoms with Gasteiger partial charge >= 0.3 is 0 Å². The van der Waals surface area contributed by atoms with E-state index in [1.165, 1.54) is 88.3 Å². The highest BCUT2D eigenvalue weighted by Crippen LogP contribution is 2.63. The van der Waals surface area contributed by atoms with Crippen LogP contribution in [-0.2, 0) is 5.41 Å². The van der Waals surface area contributed by atoms with E-state index >= 15 is 0 Å². The van der Waals surface area contributed by atoms with E-state index in [-0.39, 0.29) is 0 Å². The predicted octanol–water partition coefficient (Wildman–Crippen LogP) is 15.1. The van der Waals surface area contributed by atoms with E-state index in [4.69, 9.17) is 0 Å².